The zero-order valence-electron chi connectivity index (χ0n) is 17.8. The van der Waals surface area contributed by atoms with E-state index in [9.17, 15) is 19.2 Å². The van der Waals surface area contributed by atoms with Gasteiger partial charge in [-0.1, -0.05) is 13.8 Å². The lowest BCUT2D eigenvalue weighted by molar-refractivity contribution is 0.0968. The Hall–Kier alpha value is -3.01. The number of fused-ring (bicyclic) bond motifs is 3. The van der Waals surface area contributed by atoms with E-state index in [0.29, 0.717) is 22.6 Å². The number of anilines is 1. The van der Waals surface area contributed by atoms with Gasteiger partial charge in [0.25, 0.3) is 11.1 Å². The van der Waals surface area contributed by atoms with Crippen molar-refractivity contribution < 1.29 is 4.79 Å². The van der Waals surface area contributed by atoms with Gasteiger partial charge >= 0.3 is 5.69 Å². The molecule has 4 rings (SSSR count). The summed E-state index contributed by atoms with van der Waals surface area (Å²) in [4.78, 5) is 57.4. The third-order valence-electron chi connectivity index (χ3n) is 5.91. The van der Waals surface area contributed by atoms with Gasteiger partial charge in [-0.3, -0.25) is 28.1 Å². The Bertz CT molecular complexity index is 1380. The first-order valence-electron chi connectivity index (χ1n) is 10.4. The van der Waals surface area contributed by atoms with Gasteiger partial charge in [-0.15, -0.1) is 11.3 Å². The van der Waals surface area contributed by atoms with Crippen LogP contribution in [0.4, 0.5) is 5.82 Å². The highest BCUT2D eigenvalue weighted by Crippen LogP contribution is 2.35. The van der Waals surface area contributed by atoms with Crippen molar-refractivity contribution in [2.75, 3.05) is 5.73 Å². The second kappa shape index (κ2) is 7.92. The molecule has 0 bridgehead atoms. The van der Waals surface area contributed by atoms with Crippen LogP contribution in [0.1, 0.15) is 47.5 Å². The molecule has 0 aromatic carbocycles. The summed E-state index contributed by atoms with van der Waals surface area (Å²) in [6, 6.07) is 0. The maximum Gasteiger partial charge on any atom is 0.332 e. The van der Waals surface area contributed by atoms with Crippen molar-refractivity contribution in [3.63, 3.8) is 0 Å². The molecule has 31 heavy (non-hydrogen) atoms. The largest absolute Gasteiger partial charge is 0.384 e. The number of hydrogen-bond donors (Lipinski definition) is 1. The number of ketones is 1. The van der Waals surface area contributed by atoms with Crippen LogP contribution in [0.5, 0.6) is 0 Å². The molecule has 1 unspecified atom stereocenters. The predicted octanol–water partition coefficient (Wildman–Crippen LogP) is 1.32. The standard InChI is InChI=1S/C21H25N5O4S/c1-4-7-26-17(22)16(19(28)24(3)21(26)30)13(27)9-25-10-23-18-15(20(25)29)12-6-5-11(2)8-14(12)31-18/h10-11H,4-9,22H2,1-3H3. The Morgan fingerprint density at radius 1 is 1.29 bits per heavy atom. The van der Waals surface area contributed by atoms with Crippen LogP contribution >= 0.6 is 11.3 Å². The van der Waals surface area contributed by atoms with Crippen molar-refractivity contribution in [1.82, 2.24) is 18.7 Å². The molecule has 9 nitrogen and oxygen atoms in total. The minimum Gasteiger partial charge on any atom is -0.384 e. The Morgan fingerprint density at radius 2 is 2.03 bits per heavy atom. The van der Waals surface area contributed by atoms with Crippen molar-refractivity contribution in [2.45, 2.75) is 52.6 Å². The van der Waals surface area contributed by atoms with Gasteiger partial charge in [0.05, 0.1) is 18.3 Å². The van der Waals surface area contributed by atoms with Gasteiger partial charge < -0.3 is 5.73 Å². The minimum absolute atomic E-state index is 0.163. The van der Waals surface area contributed by atoms with Gasteiger partial charge in [0.2, 0.25) is 0 Å². The highest BCUT2D eigenvalue weighted by molar-refractivity contribution is 7.18. The van der Waals surface area contributed by atoms with Gasteiger partial charge in [0.15, 0.2) is 5.78 Å². The minimum atomic E-state index is -0.760. The SMILES string of the molecule is CCCn1c(N)c(C(=O)Cn2cnc3sc4c(c3c2=O)CCC(C)C4)c(=O)n(C)c1=O. The third kappa shape index (κ3) is 3.44. The predicted molar refractivity (Wildman–Crippen MR) is 120 cm³/mol. The molecule has 164 valence electrons. The Labute approximate surface area is 181 Å². The molecular weight excluding hydrogens is 418 g/mol. The number of Topliss-reactive ketones (excluding diaryl/α,β-unsaturated/α-hetero) is 1. The molecule has 3 heterocycles. The molecule has 0 radical (unpaired) electrons. The molecular formula is C21H25N5O4S. The van der Waals surface area contributed by atoms with E-state index in [1.165, 1.54) is 38.7 Å². The molecule has 10 heteroatoms. The summed E-state index contributed by atoms with van der Waals surface area (Å²) in [5.41, 5.74) is 5.18. The first kappa shape index (κ1) is 21.2. The second-order valence-electron chi connectivity index (χ2n) is 8.19. The van der Waals surface area contributed by atoms with Crippen LogP contribution in [0.15, 0.2) is 20.7 Å². The smallest absolute Gasteiger partial charge is 0.332 e. The van der Waals surface area contributed by atoms with E-state index in [-0.39, 0.29) is 30.0 Å². The highest BCUT2D eigenvalue weighted by Gasteiger charge is 2.25. The lowest BCUT2D eigenvalue weighted by Gasteiger charge is -2.17. The number of carbonyl (C=O) groups is 1. The first-order chi connectivity index (χ1) is 14.7. The van der Waals surface area contributed by atoms with Crippen LogP contribution in [0.25, 0.3) is 10.2 Å². The summed E-state index contributed by atoms with van der Waals surface area (Å²) in [6.45, 7) is 3.97. The summed E-state index contributed by atoms with van der Waals surface area (Å²) in [5, 5.41) is 0.569. The van der Waals surface area contributed by atoms with Crippen LogP contribution in [-0.2, 0) is 33.0 Å². The summed E-state index contributed by atoms with van der Waals surface area (Å²) < 4.78 is 3.32. The van der Waals surface area contributed by atoms with E-state index in [4.69, 9.17) is 5.73 Å². The molecule has 0 saturated carbocycles. The normalized spacial score (nSPS) is 15.9. The monoisotopic (exact) mass is 443 g/mol. The summed E-state index contributed by atoms with van der Waals surface area (Å²) in [7, 11) is 1.31. The molecule has 1 aliphatic carbocycles. The molecule has 3 aromatic heterocycles. The molecule has 3 aromatic rings. The van der Waals surface area contributed by atoms with Crippen LogP contribution in [-0.4, -0.2) is 24.5 Å². The fourth-order valence-electron chi connectivity index (χ4n) is 4.20. The van der Waals surface area contributed by atoms with Crippen LogP contribution < -0.4 is 22.5 Å². The zero-order valence-corrected chi connectivity index (χ0v) is 18.6. The number of nitrogen functional groups attached to an aromatic ring is 1. The van der Waals surface area contributed by atoms with Crippen molar-refractivity contribution in [2.24, 2.45) is 13.0 Å². The van der Waals surface area contributed by atoms with E-state index < -0.39 is 17.0 Å². The molecule has 0 amide bonds. The number of thiophene rings is 1. The molecule has 2 N–H and O–H groups in total. The maximum absolute atomic E-state index is 13.2. The number of nitrogens with zero attached hydrogens (tertiary/aromatic N) is 4. The number of aryl methyl sites for hydroxylation is 1. The highest BCUT2D eigenvalue weighted by atomic mass is 32.1. The fraction of sp³-hybridized carbons (Fsp3) is 0.476. The number of rotatable bonds is 5. The van der Waals surface area contributed by atoms with Gasteiger partial charge in [-0.05, 0) is 37.2 Å². The van der Waals surface area contributed by atoms with Gasteiger partial charge in [-0.25, -0.2) is 9.78 Å². The average Bonchev–Trinajstić information content (AvgIpc) is 3.10. The van der Waals surface area contributed by atoms with Crippen LogP contribution in [0, 0.1) is 5.92 Å². The Balaban J connectivity index is 1.78. The molecule has 0 spiro atoms. The molecule has 0 fully saturated rings. The molecule has 0 aliphatic heterocycles. The lowest BCUT2D eigenvalue weighted by Crippen LogP contribution is -2.43. The van der Waals surface area contributed by atoms with E-state index in [1.54, 1.807) is 0 Å². The Morgan fingerprint density at radius 3 is 2.74 bits per heavy atom. The quantitative estimate of drug-likeness (QED) is 0.594. The summed E-state index contributed by atoms with van der Waals surface area (Å²) >= 11 is 1.54. The zero-order chi connectivity index (χ0) is 22.4. The van der Waals surface area contributed by atoms with E-state index in [1.807, 2.05) is 6.92 Å². The van der Waals surface area contributed by atoms with Crippen LogP contribution in [0.2, 0.25) is 0 Å². The van der Waals surface area contributed by atoms with E-state index >= 15 is 0 Å². The molecule has 1 aliphatic rings. The maximum atomic E-state index is 13.2. The fourth-order valence-corrected chi connectivity index (χ4v) is 5.54. The number of aromatic nitrogens is 4. The molecule has 1 atom stereocenters. The summed E-state index contributed by atoms with van der Waals surface area (Å²) in [5.74, 6) is -0.213. The summed E-state index contributed by atoms with van der Waals surface area (Å²) in [6.07, 6.45) is 4.72. The number of hydrogen-bond acceptors (Lipinski definition) is 7. The topological polar surface area (TPSA) is 122 Å². The van der Waals surface area contributed by atoms with Crippen LogP contribution in [0.3, 0.4) is 0 Å². The van der Waals surface area contributed by atoms with Gasteiger partial charge in [0.1, 0.15) is 16.2 Å². The molecule has 0 saturated heterocycles. The van der Waals surface area contributed by atoms with E-state index in [0.717, 1.165) is 29.4 Å². The van der Waals surface area contributed by atoms with Crippen molar-refractivity contribution >= 4 is 33.2 Å². The van der Waals surface area contributed by atoms with Crippen molar-refractivity contribution in [1.29, 1.82) is 0 Å². The Kier molecular flexibility index (Phi) is 5.42. The number of carbonyl (C=O) groups excluding carboxylic acids is 1. The average molecular weight is 444 g/mol. The number of nitrogens with two attached hydrogens (primary N) is 1. The van der Waals surface area contributed by atoms with Crippen molar-refractivity contribution in [3.8, 4) is 0 Å². The first-order valence-corrected chi connectivity index (χ1v) is 11.2. The lowest BCUT2D eigenvalue weighted by atomic mass is 9.89. The van der Waals surface area contributed by atoms with Gasteiger partial charge in [0, 0.05) is 18.5 Å². The second-order valence-corrected chi connectivity index (χ2v) is 9.27. The van der Waals surface area contributed by atoms with Gasteiger partial charge in [-0.2, -0.15) is 0 Å². The third-order valence-corrected chi connectivity index (χ3v) is 7.07. The van der Waals surface area contributed by atoms with E-state index in [2.05, 4.69) is 11.9 Å². The van der Waals surface area contributed by atoms with Crippen molar-refractivity contribution in [3.05, 3.63) is 53.5 Å².